The van der Waals surface area contributed by atoms with Gasteiger partial charge in [0.1, 0.15) is 0 Å². The lowest BCUT2D eigenvalue weighted by atomic mass is 9.92. The molecule has 2 amide bonds. The van der Waals surface area contributed by atoms with Crippen molar-refractivity contribution in [1.29, 1.82) is 0 Å². The summed E-state index contributed by atoms with van der Waals surface area (Å²) in [5, 5.41) is 6.36. The number of piperidine rings is 2. The van der Waals surface area contributed by atoms with E-state index in [1.807, 2.05) is 4.90 Å². The summed E-state index contributed by atoms with van der Waals surface area (Å²) in [5.74, 6) is 1.31. The molecule has 0 spiro atoms. The van der Waals surface area contributed by atoms with E-state index in [-0.39, 0.29) is 36.1 Å². The van der Waals surface area contributed by atoms with Crippen molar-refractivity contribution in [2.75, 3.05) is 32.7 Å². The third-order valence-electron chi connectivity index (χ3n) is 5.05. The van der Waals surface area contributed by atoms with E-state index in [0.29, 0.717) is 12.5 Å². The van der Waals surface area contributed by atoms with E-state index in [1.54, 1.807) is 0 Å². The summed E-state index contributed by atoms with van der Waals surface area (Å²) in [5.41, 5.74) is 0. The molecule has 2 heterocycles. The molecule has 3 fully saturated rings. The Bertz CT molecular complexity index is 395. The van der Waals surface area contributed by atoms with Crippen LogP contribution in [0.1, 0.15) is 38.5 Å². The summed E-state index contributed by atoms with van der Waals surface area (Å²) in [7, 11) is 0. The number of halogens is 1. The van der Waals surface area contributed by atoms with Gasteiger partial charge in [0.05, 0.1) is 5.92 Å². The predicted molar refractivity (Wildman–Crippen MR) is 87.9 cm³/mol. The quantitative estimate of drug-likeness (QED) is 0.814. The molecule has 0 radical (unpaired) electrons. The monoisotopic (exact) mass is 329 g/mol. The van der Waals surface area contributed by atoms with E-state index < -0.39 is 0 Å². The highest BCUT2D eigenvalue weighted by Gasteiger charge is 2.32. The van der Waals surface area contributed by atoms with Gasteiger partial charge in [0.25, 0.3) is 0 Å². The van der Waals surface area contributed by atoms with Crippen molar-refractivity contribution in [3.8, 4) is 0 Å². The van der Waals surface area contributed by atoms with Crippen molar-refractivity contribution in [3.05, 3.63) is 0 Å². The summed E-state index contributed by atoms with van der Waals surface area (Å²) in [6.07, 6.45) is 6.27. The Morgan fingerprint density at radius 3 is 2.45 bits per heavy atom. The fourth-order valence-electron chi connectivity index (χ4n) is 3.43. The molecule has 3 aliphatic rings. The summed E-state index contributed by atoms with van der Waals surface area (Å²) < 4.78 is 0. The Morgan fingerprint density at radius 2 is 1.77 bits per heavy atom. The molecule has 0 bridgehead atoms. The molecule has 126 valence electrons. The zero-order valence-electron chi connectivity index (χ0n) is 13.2. The van der Waals surface area contributed by atoms with Crippen LogP contribution in [0.25, 0.3) is 0 Å². The van der Waals surface area contributed by atoms with Crippen LogP contribution in [-0.2, 0) is 9.59 Å². The van der Waals surface area contributed by atoms with Gasteiger partial charge in [0.2, 0.25) is 11.8 Å². The van der Waals surface area contributed by atoms with E-state index in [0.717, 1.165) is 51.9 Å². The number of carbonyl (C=O) groups excluding carboxylic acids is 2. The van der Waals surface area contributed by atoms with Gasteiger partial charge in [-0.05, 0) is 57.5 Å². The number of amides is 2. The molecule has 1 unspecified atom stereocenters. The van der Waals surface area contributed by atoms with Gasteiger partial charge in [-0.3, -0.25) is 9.59 Å². The van der Waals surface area contributed by atoms with Gasteiger partial charge in [-0.15, -0.1) is 12.4 Å². The van der Waals surface area contributed by atoms with Gasteiger partial charge in [0, 0.05) is 25.6 Å². The number of hydrogen-bond acceptors (Lipinski definition) is 3. The lowest BCUT2D eigenvalue weighted by Gasteiger charge is -2.35. The van der Waals surface area contributed by atoms with Crippen LogP contribution in [0, 0.1) is 17.8 Å². The smallest absolute Gasteiger partial charge is 0.225 e. The molecule has 3 rings (SSSR count). The Labute approximate surface area is 139 Å². The normalized spacial score (nSPS) is 26.2. The second-order valence-electron chi connectivity index (χ2n) is 6.84. The summed E-state index contributed by atoms with van der Waals surface area (Å²) >= 11 is 0. The number of likely N-dealkylation sites (tertiary alicyclic amines) is 1. The average molecular weight is 330 g/mol. The van der Waals surface area contributed by atoms with Gasteiger partial charge >= 0.3 is 0 Å². The Balaban J connectivity index is 0.00000176. The van der Waals surface area contributed by atoms with Gasteiger partial charge in [0.15, 0.2) is 0 Å². The summed E-state index contributed by atoms with van der Waals surface area (Å²) in [6, 6.07) is 0. The lowest BCUT2D eigenvalue weighted by molar-refractivity contribution is -0.140. The number of rotatable bonds is 4. The first-order valence-electron chi connectivity index (χ1n) is 8.51. The number of nitrogens with one attached hydrogen (secondary N) is 2. The molecular weight excluding hydrogens is 302 g/mol. The minimum absolute atomic E-state index is 0. The van der Waals surface area contributed by atoms with Gasteiger partial charge < -0.3 is 15.5 Å². The predicted octanol–water partition coefficient (Wildman–Crippen LogP) is 1.17. The van der Waals surface area contributed by atoms with E-state index in [9.17, 15) is 9.59 Å². The van der Waals surface area contributed by atoms with Gasteiger partial charge in [-0.1, -0.05) is 0 Å². The van der Waals surface area contributed by atoms with Crippen molar-refractivity contribution in [2.24, 2.45) is 17.8 Å². The highest BCUT2D eigenvalue weighted by molar-refractivity contribution is 5.85. The molecular formula is C16H28ClN3O2. The molecule has 0 aromatic heterocycles. The molecule has 0 aromatic carbocycles. The molecule has 5 nitrogen and oxygen atoms in total. The molecule has 1 atom stereocenters. The van der Waals surface area contributed by atoms with Crippen LogP contribution in [0.4, 0.5) is 0 Å². The molecule has 6 heteroatoms. The van der Waals surface area contributed by atoms with Crippen LogP contribution in [0.3, 0.4) is 0 Å². The maximum atomic E-state index is 12.6. The third-order valence-corrected chi connectivity index (χ3v) is 5.05. The molecule has 22 heavy (non-hydrogen) atoms. The SMILES string of the molecule is Cl.O=C(NCC1CC1)C1CCCN(C(=O)C2CCNCC2)C1. The Kier molecular flexibility index (Phi) is 6.50. The van der Waals surface area contributed by atoms with Crippen molar-refractivity contribution < 1.29 is 9.59 Å². The molecule has 1 saturated carbocycles. The largest absolute Gasteiger partial charge is 0.356 e. The van der Waals surface area contributed by atoms with Crippen LogP contribution in [-0.4, -0.2) is 49.4 Å². The first-order chi connectivity index (χ1) is 10.2. The third kappa shape index (κ3) is 4.59. The van der Waals surface area contributed by atoms with Gasteiger partial charge in [-0.25, -0.2) is 0 Å². The van der Waals surface area contributed by atoms with Crippen molar-refractivity contribution in [3.63, 3.8) is 0 Å². The lowest BCUT2D eigenvalue weighted by Crippen LogP contribution is -2.48. The van der Waals surface area contributed by atoms with Crippen LogP contribution < -0.4 is 10.6 Å². The fourth-order valence-corrected chi connectivity index (χ4v) is 3.43. The van der Waals surface area contributed by atoms with Crippen molar-refractivity contribution >= 4 is 24.2 Å². The zero-order chi connectivity index (χ0) is 14.7. The molecule has 2 aliphatic heterocycles. The summed E-state index contributed by atoms with van der Waals surface area (Å²) in [4.78, 5) is 26.7. The Hall–Kier alpha value is -0.810. The molecule has 2 saturated heterocycles. The zero-order valence-corrected chi connectivity index (χ0v) is 14.0. The first kappa shape index (κ1) is 17.5. The first-order valence-corrected chi connectivity index (χ1v) is 8.51. The maximum absolute atomic E-state index is 12.6. The number of nitrogens with zero attached hydrogens (tertiary/aromatic N) is 1. The van der Waals surface area contributed by atoms with Gasteiger partial charge in [-0.2, -0.15) is 0 Å². The van der Waals surface area contributed by atoms with Crippen LogP contribution in [0.15, 0.2) is 0 Å². The standard InChI is InChI=1S/C16H27N3O2.ClH/c20-15(18-10-12-3-4-12)14-2-1-9-19(11-14)16(21)13-5-7-17-8-6-13;/h12-14,17H,1-11H2,(H,18,20);1H. The second-order valence-corrected chi connectivity index (χ2v) is 6.84. The summed E-state index contributed by atoms with van der Waals surface area (Å²) in [6.45, 7) is 4.16. The molecule has 0 aromatic rings. The van der Waals surface area contributed by atoms with E-state index in [4.69, 9.17) is 0 Å². The minimum atomic E-state index is 0. The van der Waals surface area contributed by atoms with E-state index in [1.165, 1.54) is 12.8 Å². The average Bonchev–Trinajstić information content (AvgIpc) is 3.37. The Morgan fingerprint density at radius 1 is 1.05 bits per heavy atom. The van der Waals surface area contributed by atoms with E-state index in [2.05, 4.69) is 10.6 Å². The topological polar surface area (TPSA) is 61.4 Å². The van der Waals surface area contributed by atoms with Crippen molar-refractivity contribution in [1.82, 2.24) is 15.5 Å². The maximum Gasteiger partial charge on any atom is 0.225 e. The van der Waals surface area contributed by atoms with Crippen LogP contribution in [0.5, 0.6) is 0 Å². The highest BCUT2D eigenvalue weighted by atomic mass is 35.5. The van der Waals surface area contributed by atoms with Crippen LogP contribution >= 0.6 is 12.4 Å². The number of carbonyl (C=O) groups is 2. The minimum Gasteiger partial charge on any atom is -0.356 e. The van der Waals surface area contributed by atoms with Crippen molar-refractivity contribution in [2.45, 2.75) is 38.5 Å². The fraction of sp³-hybridized carbons (Fsp3) is 0.875. The number of hydrogen-bond donors (Lipinski definition) is 2. The molecule has 2 N–H and O–H groups in total. The highest BCUT2D eigenvalue weighted by Crippen LogP contribution is 2.28. The van der Waals surface area contributed by atoms with E-state index >= 15 is 0 Å². The van der Waals surface area contributed by atoms with Crippen LogP contribution in [0.2, 0.25) is 0 Å². The molecule has 1 aliphatic carbocycles. The second kappa shape index (κ2) is 8.16.